The second-order valence-electron chi connectivity index (χ2n) is 5.13. The summed E-state index contributed by atoms with van der Waals surface area (Å²) in [5.74, 6) is 0. The van der Waals surface area contributed by atoms with Gasteiger partial charge in [0.15, 0.2) is 6.39 Å². The van der Waals surface area contributed by atoms with Gasteiger partial charge in [-0.05, 0) is 24.9 Å². The quantitative estimate of drug-likeness (QED) is 0.838. The van der Waals surface area contributed by atoms with Crippen molar-refractivity contribution >= 4 is 0 Å². The van der Waals surface area contributed by atoms with E-state index < -0.39 is 0 Å². The molecule has 2 heterocycles. The summed E-state index contributed by atoms with van der Waals surface area (Å²) >= 11 is 0. The lowest BCUT2D eigenvalue weighted by Crippen LogP contribution is -2.36. The number of oxazole rings is 1. The van der Waals surface area contributed by atoms with Crippen LogP contribution in [-0.2, 0) is 11.2 Å². The summed E-state index contributed by atoms with van der Waals surface area (Å²) in [7, 11) is 0. The Morgan fingerprint density at radius 2 is 1.90 bits per heavy atom. The maximum atomic E-state index is 5.36. The zero-order valence-corrected chi connectivity index (χ0v) is 11.6. The lowest BCUT2D eigenvalue weighted by atomic mass is 10.1. The zero-order chi connectivity index (χ0) is 13.6. The number of aromatic nitrogens is 1. The third-order valence-corrected chi connectivity index (χ3v) is 3.73. The third kappa shape index (κ3) is 3.46. The molecule has 0 amide bonds. The van der Waals surface area contributed by atoms with E-state index in [1.165, 1.54) is 18.4 Å². The molecule has 2 aromatic rings. The zero-order valence-electron chi connectivity index (χ0n) is 11.6. The monoisotopic (exact) mass is 272 g/mol. The van der Waals surface area contributed by atoms with Crippen LogP contribution < -0.4 is 0 Å². The predicted molar refractivity (Wildman–Crippen MR) is 77.5 cm³/mol. The van der Waals surface area contributed by atoms with Gasteiger partial charge in [-0.2, -0.15) is 0 Å². The van der Waals surface area contributed by atoms with Crippen molar-refractivity contribution in [2.45, 2.75) is 12.8 Å². The largest absolute Gasteiger partial charge is 0.451 e. The van der Waals surface area contributed by atoms with E-state index in [1.54, 1.807) is 6.26 Å². The second kappa shape index (κ2) is 6.68. The number of benzene rings is 1. The lowest BCUT2D eigenvalue weighted by Gasteiger charge is -2.26. The molecule has 3 rings (SSSR count). The van der Waals surface area contributed by atoms with E-state index in [0.29, 0.717) is 0 Å². The number of rotatable bonds is 5. The van der Waals surface area contributed by atoms with Crippen LogP contribution in [0.5, 0.6) is 0 Å². The van der Waals surface area contributed by atoms with Gasteiger partial charge in [-0.15, -0.1) is 0 Å². The molecule has 0 unspecified atom stereocenters. The molecule has 4 heteroatoms. The molecule has 0 spiro atoms. The Morgan fingerprint density at radius 3 is 2.60 bits per heavy atom. The van der Waals surface area contributed by atoms with E-state index in [1.807, 2.05) is 0 Å². The summed E-state index contributed by atoms with van der Waals surface area (Å²) in [5, 5.41) is 0. The van der Waals surface area contributed by atoms with E-state index in [4.69, 9.17) is 9.15 Å². The highest BCUT2D eigenvalue weighted by Gasteiger charge is 2.09. The van der Waals surface area contributed by atoms with Gasteiger partial charge in [0.25, 0.3) is 0 Å². The van der Waals surface area contributed by atoms with Crippen molar-refractivity contribution in [2.75, 3.05) is 32.8 Å². The number of hydrogen-bond acceptors (Lipinski definition) is 4. The van der Waals surface area contributed by atoms with Gasteiger partial charge in [-0.25, -0.2) is 4.98 Å². The van der Waals surface area contributed by atoms with Crippen LogP contribution in [0, 0.1) is 0 Å². The van der Waals surface area contributed by atoms with E-state index in [9.17, 15) is 0 Å². The summed E-state index contributed by atoms with van der Waals surface area (Å²) < 4.78 is 10.4. The Bertz CT molecular complexity index is 502. The van der Waals surface area contributed by atoms with Crippen LogP contribution in [-0.4, -0.2) is 42.7 Å². The van der Waals surface area contributed by atoms with E-state index in [0.717, 1.165) is 50.5 Å². The van der Waals surface area contributed by atoms with Gasteiger partial charge in [0.2, 0.25) is 0 Å². The van der Waals surface area contributed by atoms with Gasteiger partial charge in [0.05, 0.1) is 13.2 Å². The van der Waals surface area contributed by atoms with Crippen LogP contribution in [0.25, 0.3) is 11.3 Å². The SMILES string of the molecule is c1nc(-c2ccc(CCCN3CCOCC3)cc2)co1. The Kier molecular flexibility index (Phi) is 4.46. The van der Waals surface area contributed by atoms with Crippen LogP contribution in [0.2, 0.25) is 0 Å². The Labute approximate surface area is 119 Å². The van der Waals surface area contributed by atoms with Crippen LogP contribution in [0.1, 0.15) is 12.0 Å². The molecule has 0 N–H and O–H groups in total. The molecular weight excluding hydrogens is 252 g/mol. The molecule has 1 saturated heterocycles. The maximum absolute atomic E-state index is 5.36. The van der Waals surface area contributed by atoms with E-state index >= 15 is 0 Å². The molecule has 20 heavy (non-hydrogen) atoms. The number of morpholine rings is 1. The van der Waals surface area contributed by atoms with Crippen molar-refractivity contribution in [3.63, 3.8) is 0 Å². The minimum Gasteiger partial charge on any atom is -0.451 e. The fourth-order valence-electron chi connectivity index (χ4n) is 2.53. The Balaban J connectivity index is 1.48. The highest BCUT2D eigenvalue weighted by molar-refractivity contribution is 5.57. The van der Waals surface area contributed by atoms with Crippen LogP contribution in [0.3, 0.4) is 0 Å². The molecule has 0 bridgehead atoms. The summed E-state index contributed by atoms with van der Waals surface area (Å²) in [6, 6.07) is 8.59. The van der Waals surface area contributed by atoms with Crippen LogP contribution >= 0.6 is 0 Å². The number of ether oxygens (including phenoxy) is 1. The molecule has 4 nitrogen and oxygen atoms in total. The van der Waals surface area contributed by atoms with Crippen molar-refractivity contribution in [3.8, 4) is 11.3 Å². The Morgan fingerprint density at radius 1 is 1.10 bits per heavy atom. The normalized spacial score (nSPS) is 16.4. The molecular formula is C16H20N2O2. The highest BCUT2D eigenvalue weighted by Crippen LogP contribution is 2.18. The smallest absolute Gasteiger partial charge is 0.181 e. The fourth-order valence-corrected chi connectivity index (χ4v) is 2.53. The van der Waals surface area contributed by atoms with Gasteiger partial charge >= 0.3 is 0 Å². The topological polar surface area (TPSA) is 38.5 Å². The molecule has 0 saturated carbocycles. The molecule has 0 radical (unpaired) electrons. The third-order valence-electron chi connectivity index (χ3n) is 3.73. The first kappa shape index (κ1) is 13.3. The average Bonchev–Trinajstić information content (AvgIpc) is 3.03. The van der Waals surface area contributed by atoms with Crippen LogP contribution in [0.15, 0.2) is 41.3 Å². The van der Waals surface area contributed by atoms with Gasteiger partial charge in [0, 0.05) is 18.7 Å². The van der Waals surface area contributed by atoms with Crippen molar-refractivity contribution in [1.82, 2.24) is 9.88 Å². The number of nitrogens with zero attached hydrogens (tertiary/aromatic N) is 2. The first-order chi connectivity index (χ1) is 9.92. The number of aryl methyl sites for hydroxylation is 1. The Hall–Kier alpha value is -1.65. The molecule has 0 atom stereocenters. The minimum atomic E-state index is 0.881. The van der Waals surface area contributed by atoms with Gasteiger partial charge in [-0.1, -0.05) is 24.3 Å². The summed E-state index contributed by atoms with van der Waals surface area (Å²) in [6.07, 6.45) is 5.46. The minimum absolute atomic E-state index is 0.881. The molecule has 1 aliphatic heterocycles. The summed E-state index contributed by atoms with van der Waals surface area (Å²) in [5.41, 5.74) is 3.38. The standard InChI is InChI=1S/C16H20N2O2/c1(7-18-8-10-19-11-9-18)2-14-3-5-15(6-4-14)16-12-20-13-17-16/h3-6,12-13H,1-2,7-11H2. The lowest BCUT2D eigenvalue weighted by molar-refractivity contribution is 0.0375. The van der Waals surface area contributed by atoms with E-state index in [-0.39, 0.29) is 0 Å². The molecule has 1 aromatic carbocycles. The van der Waals surface area contributed by atoms with E-state index in [2.05, 4.69) is 34.1 Å². The highest BCUT2D eigenvalue weighted by atomic mass is 16.5. The first-order valence-corrected chi connectivity index (χ1v) is 7.19. The van der Waals surface area contributed by atoms with Crippen molar-refractivity contribution in [3.05, 3.63) is 42.5 Å². The predicted octanol–water partition coefficient (Wildman–Crippen LogP) is 2.61. The molecule has 1 aromatic heterocycles. The summed E-state index contributed by atoms with van der Waals surface area (Å²) in [4.78, 5) is 6.63. The molecule has 106 valence electrons. The first-order valence-electron chi connectivity index (χ1n) is 7.19. The maximum Gasteiger partial charge on any atom is 0.181 e. The van der Waals surface area contributed by atoms with Crippen molar-refractivity contribution < 1.29 is 9.15 Å². The van der Waals surface area contributed by atoms with Crippen LogP contribution in [0.4, 0.5) is 0 Å². The van der Waals surface area contributed by atoms with Gasteiger partial charge in [0.1, 0.15) is 12.0 Å². The molecule has 1 fully saturated rings. The average molecular weight is 272 g/mol. The second-order valence-corrected chi connectivity index (χ2v) is 5.13. The van der Waals surface area contributed by atoms with Gasteiger partial charge < -0.3 is 9.15 Å². The van der Waals surface area contributed by atoms with Crippen molar-refractivity contribution in [2.24, 2.45) is 0 Å². The van der Waals surface area contributed by atoms with Gasteiger partial charge in [-0.3, -0.25) is 4.90 Å². The number of hydrogen-bond donors (Lipinski definition) is 0. The molecule has 1 aliphatic rings. The fraction of sp³-hybridized carbons (Fsp3) is 0.438. The van der Waals surface area contributed by atoms with Crippen molar-refractivity contribution in [1.29, 1.82) is 0 Å². The summed E-state index contributed by atoms with van der Waals surface area (Å²) in [6.45, 7) is 5.07. The molecule has 0 aliphatic carbocycles.